The molecule has 1 aromatic heterocycles. The van der Waals surface area contributed by atoms with Crippen LogP contribution in [0.3, 0.4) is 0 Å². The summed E-state index contributed by atoms with van der Waals surface area (Å²) < 4.78 is 12.0. The summed E-state index contributed by atoms with van der Waals surface area (Å²) >= 11 is 2.28. The molecule has 0 fully saturated rings. The van der Waals surface area contributed by atoms with Gasteiger partial charge < -0.3 is 15.0 Å². The van der Waals surface area contributed by atoms with E-state index in [9.17, 15) is 0 Å². The predicted molar refractivity (Wildman–Crippen MR) is 89.8 cm³/mol. The molecule has 5 nitrogen and oxygen atoms in total. The third kappa shape index (κ3) is 3.81. The Morgan fingerprint density at radius 3 is 2.90 bits per heavy atom. The standard InChI is InChI=1S/C15H20IN3O2/c1-4-8-20-9-15(3,17)14-18-13(21-19-14)11-7-5-6-10(2)12(11)16/h5-7H,4,8-9,17H2,1-3H3. The average Bonchev–Trinajstić information content (AvgIpc) is 2.92. The number of halogens is 1. The van der Waals surface area contributed by atoms with Crippen molar-refractivity contribution in [3.05, 3.63) is 33.2 Å². The van der Waals surface area contributed by atoms with Gasteiger partial charge in [-0.25, -0.2) is 0 Å². The molecule has 2 rings (SSSR count). The van der Waals surface area contributed by atoms with E-state index in [4.69, 9.17) is 15.0 Å². The summed E-state index contributed by atoms with van der Waals surface area (Å²) in [6.45, 7) is 6.99. The van der Waals surface area contributed by atoms with E-state index in [1.807, 2.05) is 32.0 Å². The SMILES string of the molecule is CCCOCC(C)(N)c1noc(-c2cccc(C)c2I)n1. The van der Waals surface area contributed by atoms with Gasteiger partial charge in [-0.1, -0.05) is 24.2 Å². The maximum Gasteiger partial charge on any atom is 0.259 e. The third-order valence-corrected chi connectivity index (χ3v) is 4.54. The normalized spacial score (nSPS) is 14.1. The quantitative estimate of drug-likeness (QED) is 0.594. The molecule has 0 aliphatic carbocycles. The van der Waals surface area contributed by atoms with Gasteiger partial charge >= 0.3 is 0 Å². The van der Waals surface area contributed by atoms with Crippen LogP contribution in [-0.4, -0.2) is 23.4 Å². The molecular formula is C15H20IN3O2. The van der Waals surface area contributed by atoms with Crippen molar-refractivity contribution in [3.8, 4) is 11.5 Å². The molecule has 21 heavy (non-hydrogen) atoms. The first-order chi connectivity index (χ1) is 9.95. The Morgan fingerprint density at radius 1 is 1.43 bits per heavy atom. The molecule has 1 aromatic carbocycles. The molecule has 1 atom stereocenters. The molecule has 2 N–H and O–H groups in total. The molecule has 6 heteroatoms. The fourth-order valence-corrected chi connectivity index (χ4v) is 2.46. The lowest BCUT2D eigenvalue weighted by Crippen LogP contribution is -2.39. The Hall–Kier alpha value is -0.990. The zero-order valence-electron chi connectivity index (χ0n) is 12.5. The van der Waals surface area contributed by atoms with Gasteiger partial charge in [-0.15, -0.1) is 0 Å². The third-order valence-electron chi connectivity index (χ3n) is 3.11. The molecule has 0 amide bonds. The predicted octanol–water partition coefficient (Wildman–Crippen LogP) is 3.25. The number of aryl methyl sites for hydroxylation is 1. The second kappa shape index (κ2) is 6.85. The number of aromatic nitrogens is 2. The minimum atomic E-state index is -0.758. The zero-order chi connectivity index (χ0) is 15.5. The van der Waals surface area contributed by atoms with E-state index in [1.54, 1.807) is 0 Å². The Labute approximate surface area is 138 Å². The summed E-state index contributed by atoms with van der Waals surface area (Å²) in [5.74, 6) is 0.955. The van der Waals surface area contributed by atoms with Crippen LogP contribution in [-0.2, 0) is 10.3 Å². The molecule has 0 saturated heterocycles. The molecule has 0 spiro atoms. The molecular weight excluding hydrogens is 381 g/mol. The van der Waals surface area contributed by atoms with Crippen LogP contribution in [0, 0.1) is 10.5 Å². The summed E-state index contributed by atoms with van der Waals surface area (Å²) in [5, 5.41) is 4.02. The highest BCUT2D eigenvalue weighted by atomic mass is 127. The number of rotatable bonds is 6. The fraction of sp³-hybridized carbons (Fsp3) is 0.467. The minimum absolute atomic E-state index is 0.366. The summed E-state index contributed by atoms with van der Waals surface area (Å²) in [5.41, 5.74) is 7.57. The van der Waals surface area contributed by atoms with Gasteiger partial charge in [0.2, 0.25) is 0 Å². The smallest absolute Gasteiger partial charge is 0.259 e. The van der Waals surface area contributed by atoms with Crippen molar-refractivity contribution in [1.82, 2.24) is 10.1 Å². The van der Waals surface area contributed by atoms with Gasteiger partial charge in [0.05, 0.1) is 12.2 Å². The first kappa shape index (κ1) is 16.4. The first-order valence-corrected chi connectivity index (χ1v) is 8.00. The van der Waals surface area contributed by atoms with Crippen LogP contribution in [0.25, 0.3) is 11.5 Å². The second-order valence-corrected chi connectivity index (χ2v) is 6.41. The van der Waals surface area contributed by atoms with Crippen LogP contribution in [0.15, 0.2) is 22.7 Å². The van der Waals surface area contributed by atoms with Gasteiger partial charge in [0.1, 0.15) is 5.54 Å². The number of hydrogen-bond acceptors (Lipinski definition) is 5. The highest BCUT2D eigenvalue weighted by Crippen LogP contribution is 2.27. The number of ether oxygens (including phenoxy) is 1. The molecule has 1 unspecified atom stereocenters. The van der Waals surface area contributed by atoms with Crippen LogP contribution in [0.2, 0.25) is 0 Å². The van der Waals surface area contributed by atoms with Crippen molar-refractivity contribution in [2.75, 3.05) is 13.2 Å². The summed E-state index contributed by atoms with van der Waals surface area (Å²) in [6, 6.07) is 5.99. The number of nitrogens with zero attached hydrogens (tertiary/aromatic N) is 2. The summed E-state index contributed by atoms with van der Waals surface area (Å²) in [4.78, 5) is 4.45. The Morgan fingerprint density at radius 2 is 2.19 bits per heavy atom. The van der Waals surface area contributed by atoms with Crippen LogP contribution < -0.4 is 5.73 Å². The van der Waals surface area contributed by atoms with Gasteiger partial charge in [-0.05, 0) is 54.5 Å². The lowest BCUT2D eigenvalue weighted by Gasteiger charge is -2.19. The fourth-order valence-electron chi connectivity index (χ4n) is 1.87. The van der Waals surface area contributed by atoms with E-state index in [2.05, 4.69) is 39.7 Å². The molecule has 0 aliphatic heterocycles. The van der Waals surface area contributed by atoms with Crippen molar-refractivity contribution in [3.63, 3.8) is 0 Å². The van der Waals surface area contributed by atoms with E-state index < -0.39 is 5.54 Å². The molecule has 1 heterocycles. The lowest BCUT2D eigenvalue weighted by molar-refractivity contribution is 0.0867. The molecule has 0 radical (unpaired) electrons. The zero-order valence-corrected chi connectivity index (χ0v) is 14.7. The van der Waals surface area contributed by atoms with Crippen molar-refractivity contribution in [2.24, 2.45) is 5.73 Å². The van der Waals surface area contributed by atoms with Crippen molar-refractivity contribution in [1.29, 1.82) is 0 Å². The highest BCUT2D eigenvalue weighted by molar-refractivity contribution is 14.1. The monoisotopic (exact) mass is 401 g/mol. The van der Waals surface area contributed by atoms with Gasteiger partial charge in [0.15, 0.2) is 5.82 Å². The molecule has 114 valence electrons. The van der Waals surface area contributed by atoms with Gasteiger partial charge in [-0.2, -0.15) is 4.98 Å². The van der Waals surface area contributed by atoms with Crippen LogP contribution in [0.1, 0.15) is 31.7 Å². The van der Waals surface area contributed by atoms with E-state index >= 15 is 0 Å². The van der Waals surface area contributed by atoms with Crippen molar-refractivity contribution < 1.29 is 9.26 Å². The largest absolute Gasteiger partial charge is 0.379 e. The van der Waals surface area contributed by atoms with Gasteiger partial charge in [0, 0.05) is 10.2 Å². The Balaban J connectivity index is 2.23. The van der Waals surface area contributed by atoms with Gasteiger partial charge in [0.25, 0.3) is 5.89 Å². The maximum absolute atomic E-state index is 6.23. The van der Waals surface area contributed by atoms with Crippen LogP contribution in [0.4, 0.5) is 0 Å². The van der Waals surface area contributed by atoms with Gasteiger partial charge in [-0.3, -0.25) is 0 Å². The minimum Gasteiger partial charge on any atom is -0.379 e. The Bertz CT molecular complexity index is 611. The number of benzene rings is 1. The number of nitrogens with two attached hydrogens (primary N) is 1. The molecule has 0 bridgehead atoms. The van der Waals surface area contributed by atoms with Crippen LogP contribution in [0.5, 0.6) is 0 Å². The summed E-state index contributed by atoms with van der Waals surface area (Å²) in [6.07, 6.45) is 0.953. The first-order valence-electron chi connectivity index (χ1n) is 6.92. The number of hydrogen-bond donors (Lipinski definition) is 1. The summed E-state index contributed by atoms with van der Waals surface area (Å²) in [7, 11) is 0. The average molecular weight is 401 g/mol. The van der Waals surface area contributed by atoms with E-state index in [1.165, 1.54) is 5.56 Å². The molecule has 2 aromatic rings. The Kier molecular flexibility index (Phi) is 5.34. The topological polar surface area (TPSA) is 74.2 Å². The molecule has 0 saturated carbocycles. The van der Waals surface area contributed by atoms with Crippen LogP contribution >= 0.6 is 22.6 Å². The second-order valence-electron chi connectivity index (χ2n) is 5.33. The van der Waals surface area contributed by atoms with E-state index in [-0.39, 0.29) is 0 Å². The van der Waals surface area contributed by atoms with E-state index in [0.29, 0.717) is 24.9 Å². The van der Waals surface area contributed by atoms with Crippen molar-refractivity contribution in [2.45, 2.75) is 32.7 Å². The molecule has 0 aliphatic rings. The lowest BCUT2D eigenvalue weighted by atomic mass is 10.1. The van der Waals surface area contributed by atoms with E-state index in [0.717, 1.165) is 15.6 Å². The van der Waals surface area contributed by atoms with Crippen molar-refractivity contribution >= 4 is 22.6 Å². The maximum atomic E-state index is 6.23. The highest BCUT2D eigenvalue weighted by Gasteiger charge is 2.28.